The molecular weight excluding hydrogens is 352 g/mol. The van der Waals surface area contributed by atoms with Gasteiger partial charge in [-0.05, 0) is 37.1 Å². The van der Waals surface area contributed by atoms with E-state index in [4.69, 9.17) is 18.9 Å². The summed E-state index contributed by atoms with van der Waals surface area (Å²) in [4.78, 5) is 0. The molecule has 2 rings (SSSR count). The molecule has 0 aromatic heterocycles. The summed E-state index contributed by atoms with van der Waals surface area (Å²) in [6.07, 6.45) is 4.91. The molecule has 0 aliphatic carbocycles. The molecule has 0 saturated heterocycles. The van der Waals surface area contributed by atoms with Crippen LogP contribution in [0.2, 0.25) is 0 Å². The van der Waals surface area contributed by atoms with Crippen LogP contribution in [0.4, 0.5) is 0 Å². The van der Waals surface area contributed by atoms with Gasteiger partial charge in [-0.1, -0.05) is 63.1 Å². The van der Waals surface area contributed by atoms with Crippen LogP contribution in [-0.4, -0.2) is 39.6 Å². The minimum Gasteiger partial charge on any atom is -0.491 e. The number of hydrogen-bond acceptors (Lipinski definition) is 4. The molecule has 0 saturated carbocycles. The van der Waals surface area contributed by atoms with Crippen LogP contribution in [0.5, 0.6) is 11.5 Å². The van der Waals surface area contributed by atoms with Gasteiger partial charge in [0.1, 0.15) is 24.7 Å². The van der Waals surface area contributed by atoms with Gasteiger partial charge in [0, 0.05) is 13.2 Å². The normalized spacial score (nSPS) is 10.1. The monoisotopic (exact) mass is 388 g/mol. The molecule has 0 radical (unpaired) electrons. The van der Waals surface area contributed by atoms with E-state index in [1.54, 1.807) is 0 Å². The van der Waals surface area contributed by atoms with Gasteiger partial charge in [-0.25, -0.2) is 0 Å². The quantitative estimate of drug-likeness (QED) is 0.385. The Morgan fingerprint density at radius 2 is 0.893 bits per heavy atom. The van der Waals surface area contributed by atoms with Gasteiger partial charge in [0.15, 0.2) is 0 Å². The van der Waals surface area contributed by atoms with Gasteiger partial charge in [0.25, 0.3) is 0 Å². The zero-order valence-corrected chi connectivity index (χ0v) is 17.5. The molecule has 0 amide bonds. The van der Waals surface area contributed by atoms with Crippen LogP contribution in [0.15, 0.2) is 60.7 Å². The van der Waals surface area contributed by atoms with E-state index < -0.39 is 0 Å². The minimum atomic E-state index is 0.551. The Labute approximate surface area is 170 Å². The summed E-state index contributed by atoms with van der Waals surface area (Å²) in [5.41, 5.74) is 0. The summed E-state index contributed by atoms with van der Waals surface area (Å²) in [6, 6.07) is 19.4. The van der Waals surface area contributed by atoms with Crippen molar-refractivity contribution in [2.45, 2.75) is 39.5 Å². The molecule has 2 aromatic rings. The fraction of sp³-hybridized carbons (Fsp3) is 0.500. The van der Waals surface area contributed by atoms with Crippen LogP contribution < -0.4 is 9.47 Å². The highest BCUT2D eigenvalue weighted by molar-refractivity contribution is 5.21. The van der Waals surface area contributed by atoms with Gasteiger partial charge < -0.3 is 18.9 Å². The molecule has 2 aromatic carbocycles. The Bertz CT molecular complexity index is 496. The Morgan fingerprint density at radius 1 is 0.500 bits per heavy atom. The molecule has 0 heterocycles. The van der Waals surface area contributed by atoms with Crippen molar-refractivity contribution >= 4 is 0 Å². The van der Waals surface area contributed by atoms with E-state index in [-0.39, 0.29) is 0 Å². The van der Waals surface area contributed by atoms with Crippen molar-refractivity contribution < 1.29 is 18.9 Å². The number of rotatable bonds is 14. The number of para-hydroxylation sites is 2. The van der Waals surface area contributed by atoms with Crippen molar-refractivity contribution in [3.8, 4) is 11.5 Å². The molecule has 156 valence electrons. The number of ether oxygens (including phenoxy) is 4. The van der Waals surface area contributed by atoms with Crippen molar-refractivity contribution in [2.24, 2.45) is 0 Å². The highest BCUT2D eigenvalue weighted by Crippen LogP contribution is 2.08. The lowest BCUT2D eigenvalue weighted by Crippen LogP contribution is -2.12. The second kappa shape index (κ2) is 18.3. The summed E-state index contributed by atoms with van der Waals surface area (Å²) in [7, 11) is 0. The summed E-state index contributed by atoms with van der Waals surface area (Å²) >= 11 is 0. The van der Waals surface area contributed by atoms with E-state index >= 15 is 0 Å². The van der Waals surface area contributed by atoms with Crippen LogP contribution in [-0.2, 0) is 9.47 Å². The lowest BCUT2D eigenvalue weighted by molar-refractivity contribution is 0.0764. The highest BCUT2D eigenvalue weighted by atomic mass is 16.5. The average Bonchev–Trinajstić information content (AvgIpc) is 2.75. The third-order valence-electron chi connectivity index (χ3n) is 3.76. The summed E-state index contributed by atoms with van der Waals surface area (Å²) in [5, 5.41) is 0. The zero-order valence-electron chi connectivity index (χ0n) is 17.5. The maximum atomic E-state index is 5.51. The molecule has 4 heteroatoms. The van der Waals surface area contributed by atoms with E-state index in [0.29, 0.717) is 26.4 Å². The summed E-state index contributed by atoms with van der Waals surface area (Å²) in [6.45, 7) is 8.50. The van der Waals surface area contributed by atoms with E-state index in [2.05, 4.69) is 13.8 Å². The summed E-state index contributed by atoms with van der Waals surface area (Å²) < 4.78 is 21.8. The molecule has 0 aliphatic heterocycles. The molecule has 0 unspecified atom stereocenters. The van der Waals surface area contributed by atoms with Gasteiger partial charge in [0.05, 0.1) is 13.2 Å². The maximum Gasteiger partial charge on any atom is 0.119 e. The third kappa shape index (κ3) is 14.1. The smallest absolute Gasteiger partial charge is 0.119 e. The Morgan fingerprint density at radius 3 is 1.29 bits per heavy atom. The predicted octanol–water partition coefficient (Wildman–Crippen LogP) is 5.76. The van der Waals surface area contributed by atoms with Gasteiger partial charge >= 0.3 is 0 Å². The van der Waals surface area contributed by atoms with Crippen molar-refractivity contribution in [2.75, 3.05) is 39.6 Å². The first-order valence-corrected chi connectivity index (χ1v) is 10.4. The van der Waals surface area contributed by atoms with Crippen LogP contribution in [0.3, 0.4) is 0 Å². The van der Waals surface area contributed by atoms with Crippen LogP contribution in [0.1, 0.15) is 39.5 Å². The average molecular weight is 389 g/mol. The van der Waals surface area contributed by atoms with E-state index in [1.807, 2.05) is 60.7 Å². The number of benzene rings is 2. The van der Waals surface area contributed by atoms with Crippen molar-refractivity contribution in [3.05, 3.63) is 60.7 Å². The van der Waals surface area contributed by atoms with Gasteiger partial charge in [-0.3, -0.25) is 0 Å². The van der Waals surface area contributed by atoms with Gasteiger partial charge in [-0.2, -0.15) is 0 Å². The topological polar surface area (TPSA) is 36.9 Å². The van der Waals surface area contributed by atoms with Crippen molar-refractivity contribution in [1.29, 1.82) is 0 Å². The highest BCUT2D eigenvalue weighted by Gasteiger charge is 1.94. The third-order valence-corrected chi connectivity index (χ3v) is 3.76. The van der Waals surface area contributed by atoms with Crippen LogP contribution in [0.25, 0.3) is 0 Å². The second-order valence-corrected chi connectivity index (χ2v) is 6.25. The Balaban J connectivity index is 0.000000370. The number of unbranched alkanes of at least 4 members (excludes halogenated alkanes) is 2. The molecule has 4 nitrogen and oxygen atoms in total. The molecule has 0 atom stereocenters. The number of hydrogen-bond donors (Lipinski definition) is 0. The lowest BCUT2D eigenvalue weighted by atomic mass is 10.3. The molecule has 28 heavy (non-hydrogen) atoms. The SMILES string of the molecule is CCCCOCCCC.c1ccc(OCCOCCOc2ccccc2)cc1. The van der Waals surface area contributed by atoms with Crippen molar-refractivity contribution in [3.63, 3.8) is 0 Å². The summed E-state index contributed by atoms with van der Waals surface area (Å²) in [5.74, 6) is 1.73. The molecule has 0 fully saturated rings. The molecule has 0 aliphatic rings. The molecule has 0 N–H and O–H groups in total. The first-order valence-electron chi connectivity index (χ1n) is 10.4. The standard InChI is InChI=1S/C16H18O3.C8H18O/c1-3-7-15(8-4-1)18-13-11-17-12-14-19-16-9-5-2-6-10-16;1-3-5-7-9-8-6-4-2/h1-10H,11-14H2;3-8H2,1-2H3. The van der Waals surface area contributed by atoms with Crippen molar-refractivity contribution in [1.82, 2.24) is 0 Å². The zero-order chi connectivity index (χ0) is 20.1. The molecule has 0 spiro atoms. The van der Waals surface area contributed by atoms with Crippen LogP contribution >= 0.6 is 0 Å². The first-order chi connectivity index (χ1) is 13.9. The first kappa shape index (κ1) is 24.0. The lowest BCUT2D eigenvalue weighted by Gasteiger charge is -2.08. The van der Waals surface area contributed by atoms with E-state index in [0.717, 1.165) is 24.7 Å². The Hall–Kier alpha value is -2.04. The van der Waals surface area contributed by atoms with Crippen LogP contribution in [0, 0.1) is 0 Å². The predicted molar refractivity (Wildman–Crippen MR) is 115 cm³/mol. The van der Waals surface area contributed by atoms with Gasteiger partial charge in [0.2, 0.25) is 0 Å². The largest absolute Gasteiger partial charge is 0.491 e. The van der Waals surface area contributed by atoms with Gasteiger partial charge in [-0.15, -0.1) is 0 Å². The second-order valence-electron chi connectivity index (χ2n) is 6.25. The van der Waals surface area contributed by atoms with E-state index in [9.17, 15) is 0 Å². The molecular formula is C24H36O4. The maximum absolute atomic E-state index is 5.51. The Kier molecular flexibility index (Phi) is 15.7. The minimum absolute atomic E-state index is 0.551. The molecule has 0 bridgehead atoms. The fourth-order valence-electron chi connectivity index (χ4n) is 2.17. The fourth-order valence-corrected chi connectivity index (χ4v) is 2.17. The van der Waals surface area contributed by atoms with E-state index in [1.165, 1.54) is 25.7 Å².